The normalized spacial score (nSPS) is 20.0. The number of hydrogen-bond donors (Lipinski definition) is 1. The molecule has 0 radical (unpaired) electrons. The van der Waals surface area contributed by atoms with Crippen molar-refractivity contribution in [3.05, 3.63) is 24.3 Å². The molecule has 2 amide bonds. The molecule has 2 unspecified atom stereocenters. The molecule has 162 valence electrons. The summed E-state index contributed by atoms with van der Waals surface area (Å²) in [7, 11) is 0. The first-order valence-corrected chi connectivity index (χ1v) is 11.0. The largest absolute Gasteiger partial charge is 0.466 e. The fourth-order valence-corrected chi connectivity index (χ4v) is 4.62. The minimum absolute atomic E-state index is 0.118. The smallest absolute Gasteiger partial charge is 0.309 e. The molecule has 9 heteroatoms. The average Bonchev–Trinajstić information content (AvgIpc) is 2.74. The van der Waals surface area contributed by atoms with E-state index in [2.05, 4.69) is 5.32 Å². The van der Waals surface area contributed by atoms with Crippen molar-refractivity contribution in [3.8, 4) is 0 Å². The quantitative estimate of drug-likeness (QED) is 0.685. The first-order valence-electron chi connectivity index (χ1n) is 10.1. The molecule has 2 aliphatic heterocycles. The zero-order chi connectivity index (χ0) is 21.7. The molecular weight excluding hydrogens is 408 g/mol. The number of carbonyl (C=O) groups is 4. The monoisotopic (exact) mass is 434 g/mol. The third-order valence-electron chi connectivity index (χ3n) is 5.14. The van der Waals surface area contributed by atoms with Crippen molar-refractivity contribution in [2.24, 2.45) is 5.92 Å². The number of para-hydroxylation sites is 1. The third kappa shape index (κ3) is 5.33. The Morgan fingerprint density at radius 2 is 1.93 bits per heavy atom. The van der Waals surface area contributed by atoms with Crippen LogP contribution in [0.25, 0.3) is 0 Å². The molecule has 1 saturated heterocycles. The third-order valence-corrected chi connectivity index (χ3v) is 6.42. The molecule has 0 spiro atoms. The fraction of sp³-hybridized carbons (Fsp3) is 0.524. The van der Waals surface area contributed by atoms with Crippen molar-refractivity contribution in [3.63, 3.8) is 0 Å². The number of rotatable bonds is 6. The maximum absolute atomic E-state index is 12.6. The van der Waals surface area contributed by atoms with Crippen molar-refractivity contribution in [1.82, 2.24) is 4.90 Å². The van der Waals surface area contributed by atoms with E-state index in [1.54, 1.807) is 17.9 Å². The highest BCUT2D eigenvalue weighted by Crippen LogP contribution is 2.36. The molecule has 0 saturated carbocycles. The van der Waals surface area contributed by atoms with Gasteiger partial charge in [0.1, 0.15) is 0 Å². The summed E-state index contributed by atoms with van der Waals surface area (Å²) in [6, 6.07) is 7.38. The molecule has 0 bridgehead atoms. The summed E-state index contributed by atoms with van der Waals surface area (Å²) in [5.41, 5.74) is 0.729. The van der Waals surface area contributed by atoms with Crippen LogP contribution in [0, 0.1) is 5.92 Å². The van der Waals surface area contributed by atoms with Crippen LogP contribution in [0.15, 0.2) is 29.2 Å². The van der Waals surface area contributed by atoms with Gasteiger partial charge in [-0.1, -0.05) is 12.1 Å². The Kier molecular flexibility index (Phi) is 7.36. The van der Waals surface area contributed by atoms with Crippen molar-refractivity contribution in [2.45, 2.75) is 49.4 Å². The summed E-state index contributed by atoms with van der Waals surface area (Å²) in [5, 5.41) is 2.18. The first kappa shape index (κ1) is 22.1. The molecule has 30 heavy (non-hydrogen) atoms. The first-order chi connectivity index (χ1) is 14.4. The molecule has 2 atom stereocenters. The lowest BCUT2D eigenvalue weighted by atomic mass is 9.97. The summed E-state index contributed by atoms with van der Waals surface area (Å²) in [6.07, 6.45) is 0.000990. The Hall–Kier alpha value is -2.55. The molecule has 2 heterocycles. The second kappa shape index (κ2) is 9.97. The van der Waals surface area contributed by atoms with Gasteiger partial charge in [-0.05, 0) is 38.8 Å². The number of anilines is 1. The predicted molar refractivity (Wildman–Crippen MR) is 111 cm³/mol. The number of amides is 2. The number of nitrogens with one attached hydrogen (secondary N) is 1. The number of likely N-dealkylation sites (tertiary alicyclic amines) is 1. The van der Waals surface area contributed by atoms with E-state index in [1.165, 1.54) is 18.7 Å². The Balaban J connectivity index is 1.47. The van der Waals surface area contributed by atoms with Crippen molar-refractivity contribution in [1.29, 1.82) is 0 Å². The highest BCUT2D eigenvalue weighted by Gasteiger charge is 2.33. The van der Waals surface area contributed by atoms with Crippen molar-refractivity contribution >= 4 is 41.2 Å². The van der Waals surface area contributed by atoms with Crippen LogP contribution < -0.4 is 5.32 Å². The topological polar surface area (TPSA) is 102 Å². The molecule has 0 aliphatic carbocycles. The lowest BCUT2D eigenvalue weighted by Gasteiger charge is -2.32. The van der Waals surface area contributed by atoms with Crippen molar-refractivity contribution < 1.29 is 28.7 Å². The van der Waals surface area contributed by atoms with Crippen LogP contribution in [0.5, 0.6) is 0 Å². The number of esters is 2. The molecule has 3 rings (SSSR count). The zero-order valence-electron chi connectivity index (χ0n) is 17.1. The number of fused-ring (bicyclic) bond motifs is 1. The van der Waals surface area contributed by atoms with Gasteiger partial charge in [0, 0.05) is 18.0 Å². The number of piperidine rings is 1. The lowest BCUT2D eigenvalue weighted by molar-refractivity contribution is -0.161. The number of nitrogens with zero attached hydrogens (tertiary/aromatic N) is 1. The van der Waals surface area contributed by atoms with Gasteiger partial charge in [-0.25, -0.2) is 0 Å². The van der Waals surface area contributed by atoms with Gasteiger partial charge >= 0.3 is 11.9 Å². The number of thioether (sulfide) groups is 1. The van der Waals surface area contributed by atoms with Gasteiger partial charge in [0.15, 0.2) is 6.10 Å². The molecular formula is C21H26N2O6S. The molecule has 1 fully saturated rings. The molecule has 1 aromatic carbocycles. The van der Waals surface area contributed by atoms with Crippen LogP contribution in [0.4, 0.5) is 5.69 Å². The number of ether oxygens (including phenoxy) is 2. The number of benzene rings is 1. The molecule has 1 aromatic rings. The van der Waals surface area contributed by atoms with E-state index in [1.807, 2.05) is 18.2 Å². The van der Waals surface area contributed by atoms with Gasteiger partial charge in [0.2, 0.25) is 5.91 Å². The summed E-state index contributed by atoms with van der Waals surface area (Å²) in [5.74, 6) is -1.57. The van der Waals surface area contributed by atoms with Crippen LogP contribution in [-0.4, -0.2) is 59.7 Å². The van der Waals surface area contributed by atoms with Gasteiger partial charge in [-0.3, -0.25) is 19.2 Å². The summed E-state index contributed by atoms with van der Waals surface area (Å²) in [6.45, 7) is 4.47. The molecule has 0 aromatic heterocycles. The zero-order valence-corrected chi connectivity index (χ0v) is 17.9. The van der Waals surface area contributed by atoms with E-state index >= 15 is 0 Å². The maximum Gasteiger partial charge on any atom is 0.309 e. The fourth-order valence-electron chi connectivity index (χ4n) is 3.53. The van der Waals surface area contributed by atoms with Gasteiger partial charge in [0.05, 0.1) is 29.9 Å². The van der Waals surface area contributed by atoms with E-state index in [4.69, 9.17) is 9.47 Å². The number of carbonyl (C=O) groups excluding carboxylic acids is 4. The summed E-state index contributed by atoms with van der Waals surface area (Å²) in [4.78, 5) is 51.5. The lowest BCUT2D eigenvalue weighted by Crippen LogP contribution is -2.45. The van der Waals surface area contributed by atoms with E-state index in [0.717, 1.165) is 10.6 Å². The van der Waals surface area contributed by atoms with Crippen LogP contribution in [0.2, 0.25) is 0 Å². The van der Waals surface area contributed by atoms with Crippen LogP contribution in [0.3, 0.4) is 0 Å². The van der Waals surface area contributed by atoms with E-state index in [0.29, 0.717) is 32.5 Å². The van der Waals surface area contributed by atoms with E-state index in [-0.39, 0.29) is 30.1 Å². The Bertz CT molecular complexity index is 821. The summed E-state index contributed by atoms with van der Waals surface area (Å²) < 4.78 is 10.3. The Morgan fingerprint density at radius 1 is 1.23 bits per heavy atom. The minimum Gasteiger partial charge on any atom is -0.466 e. The highest BCUT2D eigenvalue weighted by atomic mass is 32.2. The van der Waals surface area contributed by atoms with Gasteiger partial charge < -0.3 is 19.7 Å². The second-order valence-corrected chi connectivity index (χ2v) is 8.52. The maximum atomic E-state index is 12.6. The number of hydrogen-bond acceptors (Lipinski definition) is 7. The highest BCUT2D eigenvalue weighted by molar-refractivity contribution is 8.01. The van der Waals surface area contributed by atoms with Crippen LogP contribution in [0.1, 0.15) is 33.1 Å². The average molecular weight is 435 g/mol. The Labute approximate surface area is 179 Å². The Morgan fingerprint density at radius 3 is 2.63 bits per heavy atom. The standard InChI is InChI=1S/C21H26N2O6S/c1-3-28-21(27)14-8-10-23(11-9-14)20(26)13(2)29-18(24)12-17-19(25)22-15-6-4-5-7-16(15)30-17/h4-7,13-14,17H,3,8-12H2,1-2H3,(H,22,25). The van der Waals surface area contributed by atoms with Crippen LogP contribution >= 0.6 is 11.8 Å². The van der Waals surface area contributed by atoms with Gasteiger partial charge in [-0.2, -0.15) is 0 Å². The second-order valence-electron chi connectivity index (χ2n) is 7.28. The minimum atomic E-state index is -0.944. The predicted octanol–water partition coefficient (Wildman–Crippen LogP) is 2.22. The van der Waals surface area contributed by atoms with E-state index in [9.17, 15) is 19.2 Å². The van der Waals surface area contributed by atoms with E-state index < -0.39 is 17.3 Å². The van der Waals surface area contributed by atoms with Gasteiger partial charge in [-0.15, -0.1) is 11.8 Å². The summed E-state index contributed by atoms with van der Waals surface area (Å²) >= 11 is 1.31. The van der Waals surface area contributed by atoms with Crippen molar-refractivity contribution in [2.75, 3.05) is 25.0 Å². The van der Waals surface area contributed by atoms with Gasteiger partial charge in [0.25, 0.3) is 5.91 Å². The SMILES string of the molecule is CCOC(=O)C1CCN(C(=O)C(C)OC(=O)CC2Sc3ccccc3NC2=O)CC1. The van der Waals surface area contributed by atoms with Crippen LogP contribution in [-0.2, 0) is 28.7 Å². The molecule has 2 aliphatic rings. The molecule has 8 nitrogen and oxygen atoms in total. The molecule has 1 N–H and O–H groups in total.